The molecule has 2 rings (SSSR count). The molecule has 1 N–H and O–H groups in total. The maximum Gasteiger partial charge on any atom is 0.0726 e. The van der Waals surface area contributed by atoms with Gasteiger partial charge in [0.1, 0.15) is 0 Å². The maximum absolute atomic E-state index is 11.0. The quantitative estimate of drug-likeness (QED) is 0.643. The first-order valence-electron chi connectivity index (χ1n) is 6.64. The SMILES string of the molecule is CC1(C)CCCC2(CCCCC2)C1(C)O. The molecular formula is C14H26O. The van der Waals surface area contributed by atoms with Crippen molar-refractivity contribution in [3.05, 3.63) is 0 Å². The molecule has 0 aromatic rings. The van der Waals surface area contributed by atoms with Gasteiger partial charge in [-0.25, -0.2) is 0 Å². The zero-order chi connectivity index (χ0) is 11.2. The Labute approximate surface area is 94.3 Å². The van der Waals surface area contributed by atoms with Crippen LogP contribution in [0.2, 0.25) is 0 Å². The minimum absolute atomic E-state index is 0.0998. The second-order valence-electron chi connectivity index (χ2n) is 6.65. The molecule has 0 amide bonds. The third-order valence-corrected chi connectivity index (χ3v) is 5.62. The Morgan fingerprint density at radius 1 is 0.733 bits per heavy atom. The summed E-state index contributed by atoms with van der Waals surface area (Å²) in [5.41, 5.74) is -0.117. The number of rotatable bonds is 0. The number of aliphatic hydroxyl groups is 1. The normalized spacial score (nSPS) is 39.2. The second kappa shape index (κ2) is 3.48. The molecule has 2 fully saturated rings. The first-order chi connectivity index (χ1) is 6.91. The van der Waals surface area contributed by atoms with Crippen molar-refractivity contribution >= 4 is 0 Å². The fourth-order valence-corrected chi connectivity index (χ4v) is 4.04. The van der Waals surface area contributed by atoms with Crippen LogP contribution < -0.4 is 0 Å². The lowest BCUT2D eigenvalue weighted by Crippen LogP contribution is -2.58. The van der Waals surface area contributed by atoms with Gasteiger partial charge in [-0.2, -0.15) is 0 Å². The molecule has 15 heavy (non-hydrogen) atoms. The standard InChI is InChI=1S/C14H26O/c1-12(2)8-7-11-14(13(12,3)15)9-5-4-6-10-14/h15H,4-11H2,1-3H3. The van der Waals surface area contributed by atoms with Crippen LogP contribution in [0.5, 0.6) is 0 Å². The first-order valence-corrected chi connectivity index (χ1v) is 6.64. The monoisotopic (exact) mass is 210 g/mol. The van der Waals surface area contributed by atoms with Gasteiger partial charge in [0.05, 0.1) is 5.60 Å². The van der Waals surface area contributed by atoms with E-state index in [2.05, 4.69) is 20.8 Å². The predicted octanol–water partition coefficient (Wildman–Crippen LogP) is 3.90. The number of hydrogen-bond acceptors (Lipinski definition) is 1. The lowest BCUT2D eigenvalue weighted by molar-refractivity contribution is -0.190. The van der Waals surface area contributed by atoms with Crippen LogP contribution >= 0.6 is 0 Å². The molecule has 0 radical (unpaired) electrons. The summed E-state index contributed by atoms with van der Waals surface area (Å²) in [6.07, 6.45) is 10.3. The molecule has 88 valence electrons. The fraction of sp³-hybridized carbons (Fsp3) is 1.00. The molecule has 2 aliphatic carbocycles. The Kier molecular flexibility index (Phi) is 2.65. The maximum atomic E-state index is 11.0. The van der Waals surface area contributed by atoms with Gasteiger partial charge in [-0.3, -0.25) is 0 Å². The van der Waals surface area contributed by atoms with E-state index in [9.17, 15) is 5.11 Å². The Bertz CT molecular complexity index is 228. The van der Waals surface area contributed by atoms with E-state index in [4.69, 9.17) is 0 Å². The summed E-state index contributed by atoms with van der Waals surface area (Å²) in [5, 5.41) is 11.0. The van der Waals surface area contributed by atoms with E-state index in [1.807, 2.05) is 0 Å². The van der Waals surface area contributed by atoms with E-state index in [-0.39, 0.29) is 10.8 Å². The smallest absolute Gasteiger partial charge is 0.0726 e. The van der Waals surface area contributed by atoms with Crippen molar-refractivity contribution in [1.82, 2.24) is 0 Å². The van der Waals surface area contributed by atoms with Crippen LogP contribution in [0, 0.1) is 10.8 Å². The minimum Gasteiger partial charge on any atom is -0.389 e. The topological polar surface area (TPSA) is 20.2 Å². The van der Waals surface area contributed by atoms with Crippen molar-refractivity contribution in [2.45, 2.75) is 77.7 Å². The van der Waals surface area contributed by atoms with Gasteiger partial charge in [-0.15, -0.1) is 0 Å². The molecule has 1 atom stereocenters. The highest BCUT2D eigenvalue weighted by Gasteiger charge is 2.56. The Hall–Kier alpha value is -0.0400. The third-order valence-electron chi connectivity index (χ3n) is 5.62. The highest BCUT2D eigenvalue weighted by atomic mass is 16.3. The van der Waals surface area contributed by atoms with Crippen molar-refractivity contribution in [3.63, 3.8) is 0 Å². The minimum atomic E-state index is -0.460. The molecule has 0 aromatic carbocycles. The highest BCUT2D eigenvalue weighted by Crippen LogP contribution is 2.59. The lowest BCUT2D eigenvalue weighted by atomic mass is 9.49. The number of hydrogen-bond donors (Lipinski definition) is 1. The first kappa shape index (κ1) is 11.4. The zero-order valence-corrected chi connectivity index (χ0v) is 10.6. The molecule has 2 saturated carbocycles. The van der Waals surface area contributed by atoms with E-state index in [1.165, 1.54) is 51.4 Å². The largest absolute Gasteiger partial charge is 0.389 e. The van der Waals surface area contributed by atoms with Crippen molar-refractivity contribution in [2.24, 2.45) is 10.8 Å². The van der Waals surface area contributed by atoms with Crippen LogP contribution in [-0.2, 0) is 0 Å². The average Bonchev–Trinajstić information content (AvgIpc) is 2.16. The molecule has 1 unspecified atom stereocenters. The molecule has 1 nitrogen and oxygen atoms in total. The van der Waals surface area contributed by atoms with Crippen LogP contribution in [0.15, 0.2) is 0 Å². The summed E-state index contributed by atoms with van der Waals surface area (Å²) in [5.74, 6) is 0. The van der Waals surface area contributed by atoms with Crippen molar-refractivity contribution in [3.8, 4) is 0 Å². The summed E-state index contributed by atoms with van der Waals surface area (Å²) in [6, 6.07) is 0. The van der Waals surface area contributed by atoms with Gasteiger partial charge in [0.15, 0.2) is 0 Å². The molecule has 2 aliphatic rings. The second-order valence-corrected chi connectivity index (χ2v) is 6.65. The Morgan fingerprint density at radius 3 is 1.87 bits per heavy atom. The van der Waals surface area contributed by atoms with Crippen LogP contribution in [0.4, 0.5) is 0 Å². The van der Waals surface area contributed by atoms with Crippen LogP contribution in [0.3, 0.4) is 0 Å². The van der Waals surface area contributed by atoms with Gasteiger partial charge in [0.2, 0.25) is 0 Å². The van der Waals surface area contributed by atoms with Gasteiger partial charge in [0.25, 0.3) is 0 Å². The summed E-state index contributed by atoms with van der Waals surface area (Å²) in [4.78, 5) is 0. The molecule has 0 heterocycles. The molecule has 1 spiro atoms. The van der Waals surface area contributed by atoms with Gasteiger partial charge >= 0.3 is 0 Å². The van der Waals surface area contributed by atoms with Crippen LogP contribution in [0.25, 0.3) is 0 Å². The van der Waals surface area contributed by atoms with Crippen molar-refractivity contribution in [2.75, 3.05) is 0 Å². The van der Waals surface area contributed by atoms with Gasteiger partial charge in [-0.1, -0.05) is 39.5 Å². The summed E-state index contributed by atoms with van der Waals surface area (Å²) in [7, 11) is 0. The molecule has 0 saturated heterocycles. The lowest BCUT2D eigenvalue weighted by Gasteiger charge is -2.59. The van der Waals surface area contributed by atoms with Crippen molar-refractivity contribution < 1.29 is 5.11 Å². The average molecular weight is 210 g/mol. The molecule has 1 heteroatoms. The van der Waals surface area contributed by atoms with Crippen molar-refractivity contribution in [1.29, 1.82) is 0 Å². The molecular weight excluding hydrogens is 184 g/mol. The Morgan fingerprint density at radius 2 is 1.27 bits per heavy atom. The van der Waals surface area contributed by atoms with E-state index in [1.54, 1.807) is 0 Å². The van der Waals surface area contributed by atoms with E-state index >= 15 is 0 Å². The molecule has 0 aliphatic heterocycles. The van der Waals surface area contributed by atoms with Crippen LogP contribution in [-0.4, -0.2) is 10.7 Å². The summed E-state index contributed by atoms with van der Waals surface area (Å²) < 4.78 is 0. The molecule has 0 aromatic heterocycles. The Balaban J connectivity index is 2.30. The van der Waals surface area contributed by atoms with Gasteiger partial charge < -0.3 is 5.11 Å². The van der Waals surface area contributed by atoms with Crippen LogP contribution in [0.1, 0.15) is 72.1 Å². The third kappa shape index (κ3) is 1.54. The zero-order valence-electron chi connectivity index (χ0n) is 10.6. The summed E-state index contributed by atoms with van der Waals surface area (Å²) >= 11 is 0. The van der Waals surface area contributed by atoms with E-state index in [0.29, 0.717) is 0 Å². The molecule has 0 bridgehead atoms. The highest BCUT2D eigenvalue weighted by molar-refractivity contribution is 5.07. The summed E-state index contributed by atoms with van der Waals surface area (Å²) in [6.45, 7) is 6.61. The van der Waals surface area contributed by atoms with Gasteiger partial charge in [0, 0.05) is 0 Å². The predicted molar refractivity (Wildman–Crippen MR) is 63.8 cm³/mol. The van der Waals surface area contributed by atoms with Gasteiger partial charge in [-0.05, 0) is 43.4 Å². The van der Waals surface area contributed by atoms with E-state index < -0.39 is 5.60 Å². The van der Waals surface area contributed by atoms with E-state index in [0.717, 1.165) is 0 Å². The fourth-order valence-electron chi connectivity index (χ4n) is 4.04.